The molecule has 2 rings (SSSR count). The predicted molar refractivity (Wildman–Crippen MR) is 75.1 cm³/mol. The van der Waals surface area contributed by atoms with Crippen molar-refractivity contribution in [2.24, 2.45) is 0 Å². The number of nitrogen functional groups attached to an aromatic ring is 1. The zero-order chi connectivity index (χ0) is 15.6. The zero-order valence-corrected chi connectivity index (χ0v) is 12.1. The molecule has 3 N–H and O–H groups in total. The molecule has 0 bridgehead atoms. The number of halogens is 5. The number of anilines is 2. The number of nitrogens with zero attached hydrogens (tertiary/aromatic N) is 1. The molecule has 0 fully saturated rings. The van der Waals surface area contributed by atoms with E-state index in [1.165, 1.54) is 18.2 Å². The van der Waals surface area contributed by atoms with Crippen LogP contribution in [0, 0.1) is 5.82 Å². The van der Waals surface area contributed by atoms with Crippen molar-refractivity contribution in [2.45, 2.75) is 12.7 Å². The number of alkyl halides is 3. The monoisotopic (exact) mass is 363 g/mol. The number of nitrogens with two attached hydrogens (primary N) is 1. The highest BCUT2D eigenvalue weighted by molar-refractivity contribution is 9.10. The van der Waals surface area contributed by atoms with Gasteiger partial charge in [-0.2, -0.15) is 13.2 Å². The van der Waals surface area contributed by atoms with Crippen LogP contribution in [-0.2, 0) is 12.7 Å². The summed E-state index contributed by atoms with van der Waals surface area (Å²) < 4.78 is 52.0. The summed E-state index contributed by atoms with van der Waals surface area (Å²) in [6, 6.07) is 5.12. The van der Waals surface area contributed by atoms with E-state index < -0.39 is 17.7 Å². The molecule has 1 aromatic heterocycles. The first-order chi connectivity index (χ1) is 9.77. The lowest BCUT2D eigenvalue weighted by molar-refractivity contribution is -0.141. The topological polar surface area (TPSA) is 50.9 Å². The average Bonchev–Trinajstić information content (AvgIpc) is 2.40. The zero-order valence-electron chi connectivity index (χ0n) is 10.5. The van der Waals surface area contributed by atoms with Crippen molar-refractivity contribution >= 4 is 27.3 Å². The number of pyridine rings is 1. The Morgan fingerprint density at radius 3 is 2.62 bits per heavy atom. The maximum atomic E-state index is 13.6. The van der Waals surface area contributed by atoms with Crippen molar-refractivity contribution < 1.29 is 17.6 Å². The highest BCUT2D eigenvalue weighted by Crippen LogP contribution is 2.31. The fraction of sp³-hybridized carbons (Fsp3) is 0.154. The van der Waals surface area contributed by atoms with E-state index in [1.807, 2.05) is 0 Å². The molecule has 0 amide bonds. The maximum absolute atomic E-state index is 13.6. The Morgan fingerprint density at radius 1 is 1.24 bits per heavy atom. The smallest absolute Gasteiger partial charge is 0.396 e. The quantitative estimate of drug-likeness (QED) is 0.803. The summed E-state index contributed by atoms with van der Waals surface area (Å²) >= 11 is 3.20. The van der Waals surface area contributed by atoms with Crippen LogP contribution in [0.15, 0.2) is 34.9 Å². The first-order valence-electron chi connectivity index (χ1n) is 5.78. The third-order valence-corrected chi connectivity index (χ3v) is 3.20. The van der Waals surface area contributed by atoms with Crippen LogP contribution in [-0.4, -0.2) is 4.98 Å². The molecule has 8 heteroatoms. The Balaban J connectivity index is 2.22. The fourth-order valence-corrected chi connectivity index (χ4v) is 2.05. The van der Waals surface area contributed by atoms with Crippen molar-refractivity contribution in [3.8, 4) is 0 Å². The molecule has 0 saturated heterocycles. The number of rotatable bonds is 3. The standard InChI is InChI=1S/C13H10BrF4N3/c14-8-1-2-9(15)7(3-8)5-20-11-4-12(13(16,17)18)21-6-10(11)19/h1-4,6H,5,19H2,(H,20,21). The third kappa shape index (κ3) is 3.84. The van der Waals surface area contributed by atoms with Crippen LogP contribution in [0.1, 0.15) is 11.3 Å². The Hall–Kier alpha value is -1.83. The van der Waals surface area contributed by atoms with Gasteiger partial charge in [-0.15, -0.1) is 0 Å². The SMILES string of the molecule is Nc1cnc(C(F)(F)F)cc1NCc1cc(Br)ccc1F. The number of benzene rings is 1. The van der Waals surface area contributed by atoms with Crippen LogP contribution in [0.5, 0.6) is 0 Å². The summed E-state index contributed by atoms with van der Waals surface area (Å²) in [6.07, 6.45) is -3.65. The van der Waals surface area contributed by atoms with E-state index in [4.69, 9.17) is 5.73 Å². The van der Waals surface area contributed by atoms with Crippen molar-refractivity contribution in [1.29, 1.82) is 0 Å². The summed E-state index contributed by atoms with van der Waals surface area (Å²) in [6.45, 7) is -0.00319. The van der Waals surface area contributed by atoms with Gasteiger partial charge in [-0.05, 0) is 24.3 Å². The minimum Gasteiger partial charge on any atom is -0.396 e. The molecule has 0 unspecified atom stereocenters. The number of hydrogen-bond acceptors (Lipinski definition) is 3. The van der Waals surface area contributed by atoms with Gasteiger partial charge in [0.1, 0.15) is 11.5 Å². The molecule has 21 heavy (non-hydrogen) atoms. The lowest BCUT2D eigenvalue weighted by Gasteiger charge is -2.13. The summed E-state index contributed by atoms with van der Waals surface area (Å²) in [7, 11) is 0. The molecule has 3 nitrogen and oxygen atoms in total. The summed E-state index contributed by atoms with van der Waals surface area (Å²) in [5.41, 5.74) is 4.91. The molecule has 0 atom stereocenters. The fourth-order valence-electron chi connectivity index (χ4n) is 1.64. The minimum atomic E-state index is -4.56. The normalized spacial score (nSPS) is 11.5. The molecule has 0 aliphatic rings. The maximum Gasteiger partial charge on any atom is 0.433 e. The Bertz CT molecular complexity index is 658. The summed E-state index contributed by atoms with van der Waals surface area (Å²) in [5, 5.41) is 2.68. The third-order valence-electron chi connectivity index (χ3n) is 2.70. The van der Waals surface area contributed by atoms with E-state index >= 15 is 0 Å². The van der Waals surface area contributed by atoms with Crippen LogP contribution in [0.4, 0.5) is 28.9 Å². The molecule has 0 radical (unpaired) electrons. The lowest BCUT2D eigenvalue weighted by Crippen LogP contribution is -2.11. The van der Waals surface area contributed by atoms with E-state index in [-0.39, 0.29) is 17.9 Å². The molecule has 1 heterocycles. The number of nitrogens with one attached hydrogen (secondary N) is 1. The van der Waals surface area contributed by atoms with E-state index in [1.54, 1.807) is 0 Å². The largest absolute Gasteiger partial charge is 0.433 e. The van der Waals surface area contributed by atoms with Gasteiger partial charge in [0.15, 0.2) is 0 Å². The Morgan fingerprint density at radius 2 is 1.95 bits per heavy atom. The molecule has 0 aliphatic heterocycles. The number of hydrogen-bond donors (Lipinski definition) is 2. The van der Waals surface area contributed by atoms with Crippen LogP contribution >= 0.6 is 15.9 Å². The highest BCUT2D eigenvalue weighted by Gasteiger charge is 2.32. The Kier molecular flexibility index (Phi) is 4.36. The average molecular weight is 364 g/mol. The summed E-state index contributed by atoms with van der Waals surface area (Å²) in [5.74, 6) is -0.464. The van der Waals surface area contributed by atoms with Crippen LogP contribution in [0.3, 0.4) is 0 Å². The predicted octanol–water partition coefficient (Wildman–Crippen LogP) is 4.20. The van der Waals surface area contributed by atoms with Crippen LogP contribution in [0.2, 0.25) is 0 Å². The Labute approximate surface area is 126 Å². The molecular weight excluding hydrogens is 354 g/mol. The first kappa shape index (κ1) is 15.6. The van der Waals surface area contributed by atoms with Gasteiger partial charge in [0.05, 0.1) is 17.6 Å². The van der Waals surface area contributed by atoms with Gasteiger partial charge in [0.2, 0.25) is 0 Å². The summed E-state index contributed by atoms with van der Waals surface area (Å²) in [4.78, 5) is 3.23. The van der Waals surface area contributed by atoms with E-state index in [0.29, 0.717) is 10.0 Å². The van der Waals surface area contributed by atoms with Gasteiger partial charge in [0, 0.05) is 16.6 Å². The molecular formula is C13H10BrF4N3. The van der Waals surface area contributed by atoms with Crippen molar-refractivity contribution in [1.82, 2.24) is 4.98 Å². The van der Waals surface area contributed by atoms with Crippen molar-refractivity contribution in [3.05, 3.63) is 52.0 Å². The molecule has 2 aromatic rings. The van der Waals surface area contributed by atoms with Crippen LogP contribution < -0.4 is 11.1 Å². The van der Waals surface area contributed by atoms with Gasteiger partial charge >= 0.3 is 6.18 Å². The second kappa shape index (κ2) is 5.88. The first-order valence-corrected chi connectivity index (χ1v) is 6.57. The van der Waals surface area contributed by atoms with Crippen molar-refractivity contribution in [2.75, 3.05) is 11.1 Å². The van der Waals surface area contributed by atoms with Crippen LogP contribution in [0.25, 0.3) is 0 Å². The number of aromatic nitrogens is 1. The van der Waals surface area contributed by atoms with E-state index in [0.717, 1.165) is 12.3 Å². The molecule has 0 aliphatic carbocycles. The lowest BCUT2D eigenvalue weighted by atomic mass is 10.2. The van der Waals surface area contributed by atoms with Gasteiger partial charge in [-0.3, -0.25) is 0 Å². The van der Waals surface area contributed by atoms with Gasteiger partial charge in [0.25, 0.3) is 0 Å². The molecule has 0 saturated carbocycles. The molecule has 1 aromatic carbocycles. The van der Waals surface area contributed by atoms with E-state index in [9.17, 15) is 17.6 Å². The van der Waals surface area contributed by atoms with Gasteiger partial charge in [-0.1, -0.05) is 15.9 Å². The second-order valence-electron chi connectivity index (χ2n) is 4.24. The van der Waals surface area contributed by atoms with Crippen molar-refractivity contribution in [3.63, 3.8) is 0 Å². The minimum absolute atomic E-state index is 0.00319. The molecule has 112 valence electrons. The van der Waals surface area contributed by atoms with Gasteiger partial charge < -0.3 is 11.1 Å². The second-order valence-corrected chi connectivity index (χ2v) is 5.16. The molecule has 0 spiro atoms. The van der Waals surface area contributed by atoms with Gasteiger partial charge in [-0.25, -0.2) is 9.37 Å². The highest BCUT2D eigenvalue weighted by atomic mass is 79.9. The van der Waals surface area contributed by atoms with E-state index in [2.05, 4.69) is 26.2 Å².